The van der Waals surface area contributed by atoms with E-state index >= 15 is 0 Å². The van der Waals surface area contributed by atoms with Crippen LogP contribution in [0.25, 0.3) is 55.0 Å². The monoisotopic (exact) mass is 1630 g/mol. The molecule has 25 heteroatoms. The summed E-state index contributed by atoms with van der Waals surface area (Å²) in [4.78, 5) is 77.7. The average molecular weight is 1630 g/mol. The maximum Gasteiger partial charge on any atom is 0.494 e. The van der Waals surface area contributed by atoms with Crippen molar-refractivity contribution in [3.63, 3.8) is 0 Å². The Balaban J connectivity index is 0.000000137. The van der Waals surface area contributed by atoms with Crippen LogP contribution in [0.1, 0.15) is 212 Å². The number of amides is 3. The van der Waals surface area contributed by atoms with Gasteiger partial charge in [0.2, 0.25) is 0 Å². The fourth-order valence-corrected chi connectivity index (χ4v) is 19.2. The third-order valence-electron chi connectivity index (χ3n) is 26.7. The van der Waals surface area contributed by atoms with Crippen LogP contribution in [0.4, 0.5) is 0 Å². The quantitative estimate of drug-likeness (QED) is 0.0959. The van der Waals surface area contributed by atoms with E-state index in [-0.39, 0.29) is 93.7 Å². The van der Waals surface area contributed by atoms with Crippen molar-refractivity contribution in [3.8, 4) is 22.3 Å². The molecule has 1 unspecified atom stereocenters. The average Bonchev–Trinajstić information content (AvgIpc) is 1.58. The Labute approximate surface area is 682 Å². The number of likely N-dealkylation sites (tertiary alicyclic amines) is 3. The first-order valence-electron chi connectivity index (χ1n) is 39.8. The molecule has 6 atom stereocenters. The van der Waals surface area contributed by atoms with E-state index < -0.39 is 17.9 Å². The molecule has 7 saturated heterocycles. The smallest absolute Gasteiger partial charge is 0.476 e. The number of carboxylic acids is 3. The van der Waals surface area contributed by atoms with Gasteiger partial charge >= 0.3 is 25.0 Å². The summed E-state index contributed by atoms with van der Waals surface area (Å²) in [6, 6.07) is 43.4. The van der Waals surface area contributed by atoms with E-state index in [1.807, 2.05) is 57.2 Å². The molecule has 6 aromatic carbocycles. The lowest BCUT2D eigenvalue weighted by molar-refractivity contribution is -0.143. The van der Waals surface area contributed by atoms with Gasteiger partial charge in [-0.15, -0.1) is 0 Å². The number of fused-ring (bicyclic) bond motifs is 3. The Morgan fingerprint density at radius 2 is 0.696 bits per heavy atom. The van der Waals surface area contributed by atoms with Crippen molar-refractivity contribution >= 4 is 96.8 Å². The van der Waals surface area contributed by atoms with Crippen molar-refractivity contribution in [1.29, 1.82) is 0 Å². The van der Waals surface area contributed by atoms with Crippen LogP contribution >= 0.6 is 15.9 Å². The minimum atomic E-state index is -1.01. The number of carbonyl (C=O) groups excluding carboxylic acids is 3. The lowest BCUT2D eigenvalue weighted by Gasteiger charge is -2.34. The molecule has 23 nitrogen and oxygen atoms in total. The molecule has 10 heterocycles. The fourth-order valence-electron chi connectivity index (χ4n) is 18.8. The van der Waals surface area contributed by atoms with Crippen LogP contribution in [0.3, 0.4) is 0 Å². The van der Waals surface area contributed by atoms with Gasteiger partial charge < -0.3 is 53.5 Å². The number of ether oxygens (including phenoxy) is 3. The van der Waals surface area contributed by atoms with Gasteiger partial charge in [0.1, 0.15) is 18.3 Å². The third-order valence-corrected chi connectivity index (χ3v) is 27.2. The van der Waals surface area contributed by atoms with Gasteiger partial charge in [-0.25, -0.2) is 14.4 Å². The molecule has 3 amide bonds. The second-order valence-corrected chi connectivity index (χ2v) is 34.7. The number of nitrogens with zero attached hydrogens (tertiary/aromatic N) is 9. The number of hydrogen-bond acceptors (Lipinski definition) is 14. The standard InChI is InChI=1S/2C27H29N3O4.C24H34BNO4.C9H7BrN2O2.3CH4/c2*1-29-22-15-19(8-9-20(22)24(28-29)26(32)33)17-4-6-18(7-5-17)21-16-27(21)10-12-30(13-11-27)25(31)23-3-2-14-34-23;1-22(2)23(3,4)30-25(29-22)18-9-7-17(8-10-18)19-16-24(19)11-13-26(14-12-24)21(27)20-6-5-15-28-20;1-12-7-4-5(10)2-3-6(7)8(11-12)9(13)14;;;/h2*4-9,15,21,23H,2-3,10-14,16H2,1H3,(H,32,33);7-10,19-20H,5-6,11-16H2,1-4H3;2-4H,1H3,(H,13,14);3*1H4/t21-,23+;21-,23-;19?,20-;;;;/m011..../s1. The van der Waals surface area contributed by atoms with Crippen LogP contribution in [-0.4, -0.2) is 191 Å². The van der Waals surface area contributed by atoms with Gasteiger partial charge in [0.15, 0.2) is 17.1 Å². The number of hydrogen-bond donors (Lipinski definition) is 3. The summed E-state index contributed by atoms with van der Waals surface area (Å²) in [7, 11) is 4.97. The Bertz CT molecular complexity index is 4880. The molecule has 3 N–H and O–H groups in total. The number of rotatable bonds is 12. The molecule has 115 heavy (non-hydrogen) atoms. The van der Waals surface area contributed by atoms with E-state index in [2.05, 4.69) is 132 Å². The van der Waals surface area contributed by atoms with Gasteiger partial charge in [0, 0.05) is 101 Å². The molecule has 3 saturated carbocycles. The molecule has 3 aromatic heterocycles. The van der Waals surface area contributed by atoms with Gasteiger partial charge in [-0.3, -0.25) is 28.4 Å². The summed E-state index contributed by atoms with van der Waals surface area (Å²) < 4.78 is 34.9. The van der Waals surface area contributed by atoms with E-state index in [0.29, 0.717) is 63.4 Å². The van der Waals surface area contributed by atoms with Gasteiger partial charge in [0.25, 0.3) is 17.7 Å². The van der Waals surface area contributed by atoms with Gasteiger partial charge in [-0.05, 0) is 245 Å². The first-order valence-corrected chi connectivity index (χ1v) is 40.6. The number of piperidine rings is 3. The molecule has 7 aliphatic heterocycles. The maximum absolute atomic E-state index is 12.7. The zero-order chi connectivity index (χ0) is 78.3. The molecule has 3 spiro atoms. The number of carbonyl (C=O) groups is 6. The highest BCUT2D eigenvalue weighted by Gasteiger charge is 2.59. The summed E-state index contributed by atoms with van der Waals surface area (Å²) in [5, 5.41) is 41.8. The number of aromatic carboxylic acids is 3. The zero-order valence-corrected chi connectivity index (χ0v) is 66.5. The predicted molar refractivity (Wildman–Crippen MR) is 448 cm³/mol. The van der Waals surface area contributed by atoms with Gasteiger partial charge in [0.05, 0.1) is 27.8 Å². The first-order chi connectivity index (χ1) is 53.7. The highest BCUT2D eigenvalue weighted by Crippen LogP contribution is 2.67. The zero-order valence-electron chi connectivity index (χ0n) is 64.9. The molecule has 9 aromatic rings. The van der Waals surface area contributed by atoms with E-state index in [1.54, 1.807) is 47.3 Å². The van der Waals surface area contributed by atoms with Crippen LogP contribution in [0, 0.1) is 16.2 Å². The lowest BCUT2D eigenvalue weighted by atomic mass is 9.78. The van der Waals surface area contributed by atoms with E-state index in [4.69, 9.17) is 28.6 Å². The normalized spacial score (nSPS) is 23.4. The maximum atomic E-state index is 12.7. The van der Waals surface area contributed by atoms with Crippen molar-refractivity contribution in [2.75, 3.05) is 59.1 Å². The van der Waals surface area contributed by atoms with Gasteiger partial charge in [-0.1, -0.05) is 123 Å². The largest absolute Gasteiger partial charge is 0.494 e. The van der Waals surface area contributed by atoms with Crippen molar-refractivity contribution in [3.05, 3.63) is 166 Å². The van der Waals surface area contributed by atoms with Crippen molar-refractivity contribution in [2.24, 2.45) is 37.4 Å². The lowest BCUT2D eigenvalue weighted by Crippen LogP contribution is -2.44. The molecule has 10 fully saturated rings. The minimum absolute atomic E-state index is 0. The summed E-state index contributed by atoms with van der Waals surface area (Å²) in [6.07, 6.45) is 15.1. The number of benzene rings is 6. The summed E-state index contributed by atoms with van der Waals surface area (Å²) in [5.74, 6) is -0.678. The molecular weight excluding hydrogens is 1520 g/mol. The fraction of sp³-hybridized carbons (Fsp3) is 0.500. The number of halogens is 1. The van der Waals surface area contributed by atoms with E-state index in [1.165, 1.54) is 36.0 Å². The highest BCUT2D eigenvalue weighted by molar-refractivity contribution is 9.10. The van der Waals surface area contributed by atoms with Crippen LogP contribution in [0.5, 0.6) is 0 Å². The molecular formula is C90H111BBrN9O14. The second-order valence-electron chi connectivity index (χ2n) is 33.8. The number of aryl methyl sites for hydroxylation is 3. The molecule has 10 aliphatic rings. The van der Waals surface area contributed by atoms with E-state index in [0.717, 1.165) is 172 Å². The SMILES string of the molecule is C.C.C.CC1(C)OB(c2ccc(C3CC34CCN(C(=O)[C@H]3CCCO3)CC4)cc2)OC1(C)C.Cn1nc(C(=O)O)c2ccc(-c3ccc([C@@H]4CC45CCN(C(=O)[C@H]4CCCO4)CC5)cc3)cc21.Cn1nc(C(=O)O)c2ccc(-c3ccc([C@H]4CC45CCN(C(=O)[C@H]4CCCO4)CC5)cc3)cc21.Cn1nc(C(=O)O)c2ccc(Br)cc21. The second kappa shape index (κ2) is 33.1. The van der Waals surface area contributed by atoms with Crippen LogP contribution < -0.4 is 5.46 Å². The Hall–Kier alpha value is -9.11. The Morgan fingerprint density at radius 3 is 0.991 bits per heavy atom. The predicted octanol–water partition coefficient (Wildman–Crippen LogP) is 15.6. The highest BCUT2D eigenvalue weighted by atomic mass is 79.9. The van der Waals surface area contributed by atoms with Crippen molar-refractivity contribution < 1.29 is 67.6 Å². The molecule has 0 radical (unpaired) electrons. The minimum Gasteiger partial charge on any atom is -0.476 e. The Morgan fingerprint density at radius 1 is 0.409 bits per heavy atom. The number of carboxylic acid groups (broad SMARTS) is 3. The van der Waals surface area contributed by atoms with Crippen LogP contribution in [0.15, 0.2) is 132 Å². The molecule has 3 aliphatic carbocycles. The summed E-state index contributed by atoms with van der Waals surface area (Å²) in [5.41, 5.74) is 12.7. The first kappa shape index (κ1) is 83.8. The van der Waals surface area contributed by atoms with Gasteiger partial charge in [-0.2, -0.15) is 15.3 Å². The van der Waals surface area contributed by atoms with Crippen molar-refractivity contribution in [2.45, 2.75) is 194 Å². The van der Waals surface area contributed by atoms with E-state index in [9.17, 15) is 39.0 Å². The summed E-state index contributed by atoms with van der Waals surface area (Å²) in [6.45, 7) is 15.6. The molecule has 0 bridgehead atoms. The number of aromatic nitrogens is 6. The van der Waals surface area contributed by atoms with Crippen molar-refractivity contribution in [1.82, 2.24) is 44.0 Å². The third kappa shape index (κ3) is 16.6. The van der Waals surface area contributed by atoms with Crippen LogP contribution in [-0.2, 0) is 59.0 Å². The molecule has 610 valence electrons. The van der Waals surface area contributed by atoms with Crippen LogP contribution in [0.2, 0.25) is 0 Å². The summed E-state index contributed by atoms with van der Waals surface area (Å²) >= 11 is 3.32. The molecule has 19 rings (SSSR count). The Kier molecular flexibility index (Phi) is 24.1. The topological polar surface area (TPSA) is 272 Å².